The van der Waals surface area contributed by atoms with E-state index in [0.29, 0.717) is 26.5 Å². The van der Waals surface area contributed by atoms with Crippen molar-refractivity contribution in [2.24, 2.45) is 0 Å². The van der Waals surface area contributed by atoms with E-state index in [1.54, 1.807) is 25.1 Å². The van der Waals surface area contributed by atoms with Gasteiger partial charge in [-0.2, -0.15) is 0 Å². The fourth-order valence-electron chi connectivity index (χ4n) is 1.71. The SMILES string of the molecule is Cc1cc(C(=O)Nc2nnc(SCc3ccccc3F)s2)no1. The molecular weight excluding hydrogens is 339 g/mol. The van der Waals surface area contributed by atoms with E-state index in [-0.39, 0.29) is 11.5 Å². The molecule has 0 aliphatic rings. The minimum Gasteiger partial charge on any atom is -0.361 e. The van der Waals surface area contributed by atoms with E-state index in [1.165, 1.54) is 35.2 Å². The third kappa shape index (κ3) is 3.93. The average Bonchev–Trinajstić information content (AvgIpc) is 3.15. The molecule has 0 aliphatic carbocycles. The van der Waals surface area contributed by atoms with Gasteiger partial charge in [0.25, 0.3) is 5.91 Å². The molecule has 0 radical (unpaired) electrons. The highest BCUT2D eigenvalue weighted by atomic mass is 32.2. The number of benzene rings is 1. The standard InChI is InChI=1S/C14H11FN4O2S2/c1-8-6-11(19-21-8)12(20)16-13-17-18-14(23-13)22-7-9-4-2-3-5-10(9)15/h2-6H,7H2,1H3,(H,16,17,20). The lowest BCUT2D eigenvalue weighted by Gasteiger charge is -1.99. The van der Waals surface area contributed by atoms with Gasteiger partial charge in [-0.3, -0.25) is 10.1 Å². The summed E-state index contributed by atoms with van der Waals surface area (Å²) >= 11 is 2.57. The predicted molar refractivity (Wildman–Crippen MR) is 85.1 cm³/mol. The van der Waals surface area contributed by atoms with E-state index in [2.05, 4.69) is 20.7 Å². The summed E-state index contributed by atoms with van der Waals surface area (Å²) in [5.74, 6) is 0.328. The highest BCUT2D eigenvalue weighted by Gasteiger charge is 2.14. The Balaban J connectivity index is 1.60. The lowest BCUT2D eigenvalue weighted by Crippen LogP contribution is -2.11. The number of carbonyl (C=O) groups excluding carboxylic acids is 1. The summed E-state index contributed by atoms with van der Waals surface area (Å²) in [7, 11) is 0. The first kappa shape index (κ1) is 15.6. The zero-order valence-electron chi connectivity index (χ0n) is 11.9. The van der Waals surface area contributed by atoms with Crippen molar-refractivity contribution in [1.29, 1.82) is 0 Å². The Morgan fingerprint density at radius 3 is 2.96 bits per heavy atom. The van der Waals surface area contributed by atoms with Gasteiger partial charge in [-0.1, -0.05) is 46.5 Å². The average molecular weight is 350 g/mol. The highest BCUT2D eigenvalue weighted by molar-refractivity contribution is 8.00. The molecule has 3 aromatic rings. The molecule has 1 aromatic carbocycles. The van der Waals surface area contributed by atoms with Gasteiger partial charge in [0, 0.05) is 11.8 Å². The van der Waals surface area contributed by atoms with Gasteiger partial charge in [0.05, 0.1) is 0 Å². The topological polar surface area (TPSA) is 80.9 Å². The first-order valence-electron chi connectivity index (χ1n) is 6.56. The molecule has 0 saturated carbocycles. The molecule has 2 heterocycles. The Bertz CT molecular complexity index is 834. The zero-order valence-corrected chi connectivity index (χ0v) is 13.6. The second kappa shape index (κ2) is 6.88. The van der Waals surface area contributed by atoms with Crippen molar-refractivity contribution in [3.63, 3.8) is 0 Å². The minimum atomic E-state index is -0.413. The summed E-state index contributed by atoms with van der Waals surface area (Å²) in [5.41, 5.74) is 0.773. The second-order valence-electron chi connectivity index (χ2n) is 4.53. The molecule has 6 nitrogen and oxygen atoms in total. The fraction of sp³-hybridized carbons (Fsp3) is 0.143. The number of halogens is 1. The lowest BCUT2D eigenvalue weighted by molar-refractivity contribution is 0.101. The van der Waals surface area contributed by atoms with Crippen LogP contribution in [0.25, 0.3) is 0 Å². The minimum absolute atomic E-state index is 0.179. The lowest BCUT2D eigenvalue weighted by atomic mass is 10.2. The summed E-state index contributed by atoms with van der Waals surface area (Å²) in [5, 5.41) is 14.4. The van der Waals surface area contributed by atoms with E-state index in [4.69, 9.17) is 4.52 Å². The van der Waals surface area contributed by atoms with Crippen molar-refractivity contribution in [1.82, 2.24) is 15.4 Å². The largest absolute Gasteiger partial charge is 0.361 e. The maximum absolute atomic E-state index is 13.5. The summed E-state index contributed by atoms with van der Waals surface area (Å²) in [4.78, 5) is 11.9. The number of hydrogen-bond acceptors (Lipinski definition) is 7. The molecule has 0 atom stereocenters. The van der Waals surface area contributed by atoms with E-state index < -0.39 is 5.91 Å². The van der Waals surface area contributed by atoms with Crippen molar-refractivity contribution in [2.75, 3.05) is 5.32 Å². The van der Waals surface area contributed by atoms with Gasteiger partial charge in [-0.15, -0.1) is 10.2 Å². The van der Waals surface area contributed by atoms with Crippen molar-refractivity contribution in [3.05, 3.63) is 53.2 Å². The Morgan fingerprint density at radius 1 is 1.39 bits per heavy atom. The van der Waals surface area contributed by atoms with Gasteiger partial charge < -0.3 is 4.52 Å². The summed E-state index contributed by atoms with van der Waals surface area (Å²) in [6, 6.07) is 8.10. The van der Waals surface area contributed by atoms with Crippen LogP contribution in [0.5, 0.6) is 0 Å². The van der Waals surface area contributed by atoms with Crippen molar-refractivity contribution < 1.29 is 13.7 Å². The number of rotatable bonds is 5. The molecule has 0 unspecified atom stereocenters. The first-order chi connectivity index (χ1) is 11.1. The van der Waals surface area contributed by atoms with Crippen molar-refractivity contribution >= 4 is 34.1 Å². The van der Waals surface area contributed by atoms with Crippen LogP contribution in [0.1, 0.15) is 21.8 Å². The number of amides is 1. The van der Waals surface area contributed by atoms with E-state index >= 15 is 0 Å². The quantitative estimate of drug-likeness (QED) is 0.560. The highest BCUT2D eigenvalue weighted by Crippen LogP contribution is 2.29. The van der Waals surface area contributed by atoms with Crippen LogP contribution < -0.4 is 5.32 Å². The summed E-state index contributed by atoms with van der Waals surface area (Å²) < 4.78 is 19.0. The Labute approximate surface area is 139 Å². The number of anilines is 1. The zero-order chi connectivity index (χ0) is 16.2. The van der Waals surface area contributed by atoms with Gasteiger partial charge in [0.15, 0.2) is 10.0 Å². The monoisotopic (exact) mass is 350 g/mol. The van der Waals surface area contributed by atoms with Gasteiger partial charge in [0.1, 0.15) is 11.6 Å². The molecule has 0 fully saturated rings. The summed E-state index contributed by atoms with van der Waals surface area (Å²) in [6.07, 6.45) is 0. The Morgan fingerprint density at radius 2 is 2.22 bits per heavy atom. The molecule has 0 saturated heterocycles. The molecule has 1 amide bonds. The molecule has 2 aromatic heterocycles. The smallest absolute Gasteiger partial charge is 0.279 e. The molecule has 118 valence electrons. The number of nitrogens with one attached hydrogen (secondary N) is 1. The number of aryl methyl sites for hydroxylation is 1. The van der Waals surface area contributed by atoms with Gasteiger partial charge in [-0.25, -0.2) is 4.39 Å². The molecule has 0 spiro atoms. The van der Waals surface area contributed by atoms with Crippen LogP contribution in [0, 0.1) is 12.7 Å². The molecule has 0 aliphatic heterocycles. The molecule has 23 heavy (non-hydrogen) atoms. The van der Waals surface area contributed by atoms with Crippen LogP contribution in [0.2, 0.25) is 0 Å². The predicted octanol–water partition coefficient (Wildman–Crippen LogP) is 3.52. The molecule has 1 N–H and O–H groups in total. The number of carbonyl (C=O) groups is 1. The van der Waals surface area contributed by atoms with Crippen LogP contribution in [0.4, 0.5) is 9.52 Å². The molecular formula is C14H11FN4O2S2. The van der Waals surface area contributed by atoms with Crippen LogP contribution in [0.3, 0.4) is 0 Å². The van der Waals surface area contributed by atoms with E-state index in [1.807, 2.05) is 0 Å². The van der Waals surface area contributed by atoms with Crippen LogP contribution in [0.15, 0.2) is 39.2 Å². The maximum Gasteiger partial charge on any atom is 0.279 e. The van der Waals surface area contributed by atoms with Gasteiger partial charge >= 0.3 is 0 Å². The van der Waals surface area contributed by atoms with E-state index in [0.717, 1.165) is 0 Å². The number of thioether (sulfide) groups is 1. The van der Waals surface area contributed by atoms with Crippen molar-refractivity contribution in [3.8, 4) is 0 Å². The van der Waals surface area contributed by atoms with E-state index in [9.17, 15) is 9.18 Å². The fourth-order valence-corrected chi connectivity index (χ4v) is 3.44. The molecule has 0 bridgehead atoms. The Kier molecular flexibility index (Phi) is 4.68. The van der Waals surface area contributed by atoms with Gasteiger partial charge in [-0.05, 0) is 18.6 Å². The first-order valence-corrected chi connectivity index (χ1v) is 8.36. The number of nitrogens with zero attached hydrogens (tertiary/aromatic N) is 3. The van der Waals surface area contributed by atoms with Crippen LogP contribution in [-0.4, -0.2) is 21.3 Å². The van der Waals surface area contributed by atoms with Crippen LogP contribution >= 0.6 is 23.1 Å². The molecule has 3 rings (SSSR count). The summed E-state index contributed by atoms with van der Waals surface area (Å²) in [6.45, 7) is 1.70. The maximum atomic E-state index is 13.5. The molecule has 9 heteroatoms. The Hall–Kier alpha value is -2.26. The number of hydrogen-bond donors (Lipinski definition) is 1. The van der Waals surface area contributed by atoms with Gasteiger partial charge in [0.2, 0.25) is 5.13 Å². The normalized spacial score (nSPS) is 10.7. The van der Waals surface area contributed by atoms with Crippen LogP contribution in [-0.2, 0) is 5.75 Å². The third-order valence-corrected chi connectivity index (χ3v) is 4.82. The third-order valence-electron chi connectivity index (χ3n) is 2.80. The number of aromatic nitrogens is 3. The van der Waals surface area contributed by atoms with Crippen molar-refractivity contribution in [2.45, 2.75) is 17.0 Å². The second-order valence-corrected chi connectivity index (χ2v) is 6.73.